The second-order valence-corrected chi connectivity index (χ2v) is 7.99. The Morgan fingerprint density at radius 3 is 2.23 bits per heavy atom. The van der Waals surface area contributed by atoms with E-state index >= 15 is 0 Å². The molecule has 0 N–H and O–H groups in total. The van der Waals surface area contributed by atoms with Crippen LogP contribution in [0.2, 0.25) is 0 Å². The molecule has 7 heteroatoms. The van der Waals surface area contributed by atoms with Crippen molar-refractivity contribution in [2.24, 2.45) is 5.92 Å². The maximum atomic E-state index is 6.19. The van der Waals surface area contributed by atoms with E-state index in [1.165, 1.54) is 19.3 Å². The monoisotopic (exact) mass is 449 g/mol. The molecule has 1 saturated carbocycles. The van der Waals surface area contributed by atoms with Crippen molar-refractivity contribution < 1.29 is 23.7 Å². The summed E-state index contributed by atoms with van der Waals surface area (Å²) in [7, 11) is 6.62. The summed E-state index contributed by atoms with van der Waals surface area (Å²) >= 11 is 0. The van der Waals surface area contributed by atoms with E-state index < -0.39 is 0 Å². The molecule has 3 atom stereocenters. The normalized spacial score (nSPS) is 22.0. The van der Waals surface area contributed by atoms with Gasteiger partial charge >= 0.3 is 0 Å². The van der Waals surface area contributed by atoms with Gasteiger partial charge in [-0.3, -0.25) is 4.90 Å². The molecule has 2 unspecified atom stereocenters. The first kappa shape index (κ1) is 23.4. The minimum atomic E-state index is 0. The fourth-order valence-corrected chi connectivity index (χ4v) is 4.97. The summed E-state index contributed by atoms with van der Waals surface area (Å²) in [5.74, 6) is 4.37. The molecule has 0 radical (unpaired) electrons. The Kier molecular flexibility index (Phi) is 7.79. The summed E-state index contributed by atoms with van der Waals surface area (Å²) in [6.07, 6.45) is 3.78. The Balaban J connectivity index is 0.00000272. The molecule has 4 rings (SSSR count). The van der Waals surface area contributed by atoms with Gasteiger partial charge in [0, 0.05) is 24.7 Å². The van der Waals surface area contributed by atoms with E-state index in [1.54, 1.807) is 28.4 Å². The van der Waals surface area contributed by atoms with E-state index in [0.29, 0.717) is 41.9 Å². The summed E-state index contributed by atoms with van der Waals surface area (Å²) in [6.45, 7) is 1.52. The second kappa shape index (κ2) is 10.3. The quantitative estimate of drug-likeness (QED) is 0.558. The number of hydrogen-bond acceptors (Lipinski definition) is 6. The fourth-order valence-electron chi connectivity index (χ4n) is 4.97. The number of piperidine rings is 1. The lowest BCUT2D eigenvalue weighted by atomic mass is 9.98. The van der Waals surface area contributed by atoms with E-state index in [4.69, 9.17) is 23.7 Å². The fraction of sp³-hybridized carbons (Fsp3) is 0.500. The number of halogens is 1. The largest absolute Gasteiger partial charge is 0.497 e. The smallest absolute Gasteiger partial charge is 0.203 e. The van der Waals surface area contributed by atoms with Crippen LogP contribution in [0.1, 0.15) is 24.8 Å². The lowest BCUT2D eigenvalue weighted by Gasteiger charge is -2.35. The van der Waals surface area contributed by atoms with Gasteiger partial charge in [-0.05, 0) is 55.0 Å². The van der Waals surface area contributed by atoms with Gasteiger partial charge in [-0.25, -0.2) is 0 Å². The molecule has 2 fully saturated rings. The van der Waals surface area contributed by atoms with Crippen LogP contribution in [0.5, 0.6) is 28.7 Å². The van der Waals surface area contributed by atoms with Crippen molar-refractivity contribution in [3.05, 3.63) is 42.0 Å². The molecule has 2 aromatic rings. The van der Waals surface area contributed by atoms with Gasteiger partial charge in [-0.1, -0.05) is 6.07 Å². The van der Waals surface area contributed by atoms with Gasteiger partial charge in [0.15, 0.2) is 11.5 Å². The Morgan fingerprint density at radius 1 is 0.871 bits per heavy atom. The number of ether oxygens (including phenoxy) is 5. The average molecular weight is 450 g/mol. The van der Waals surface area contributed by atoms with E-state index in [2.05, 4.69) is 4.90 Å². The average Bonchev–Trinajstić information content (AvgIpc) is 3.39. The number of rotatable bonds is 9. The lowest BCUT2D eigenvalue weighted by Crippen LogP contribution is -2.43. The van der Waals surface area contributed by atoms with Crippen LogP contribution in [-0.2, 0) is 6.54 Å². The SMILES string of the molecule is COc1cccc(OC[C@@H]2C3CCC(C3)N2Cc2cc(OC)c(OC)c(OC)c2)c1.Cl. The van der Waals surface area contributed by atoms with Crippen molar-refractivity contribution in [2.75, 3.05) is 35.0 Å². The summed E-state index contributed by atoms with van der Waals surface area (Å²) in [5, 5.41) is 0. The van der Waals surface area contributed by atoms with Crippen LogP contribution in [0.4, 0.5) is 0 Å². The van der Waals surface area contributed by atoms with Gasteiger partial charge in [-0.2, -0.15) is 0 Å². The van der Waals surface area contributed by atoms with Crippen LogP contribution in [0.15, 0.2) is 36.4 Å². The summed E-state index contributed by atoms with van der Waals surface area (Å²) in [6, 6.07) is 12.9. The van der Waals surface area contributed by atoms with Crippen LogP contribution in [0.3, 0.4) is 0 Å². The van der Waals surface area contributed by atoms with Gasteiger partial charge in [0.25, 0.3) is 0 Å². The highest BCUT2D eigenvalue weighted by atomic mass is 35.5. The van der Waals surface area contributed by atoms with Gasteiger partial charge in [0.2, 0.25) is 5.75 Å². The van der Waals surface area contributed by atoms with Gasteiger partial charge in [0.1, 0.15) is 18.1 Å². The van der Waals surface area contributed by atoms with Crippen molar-refractivity contribution in [1.82, 2.24) is 4.90 Å². The van der Waals surface area contributed by atoms with Crippen LogP contribution in [-0.4, -0.2) is 52.0 Å². The van der Waals surface area contributed by atoms with Crippen LogP contribution < -0.4 is 23.7 Å². The molecular weight excluding hydrogens is 418 g/mol. The Labute approximate surface area is 190 Å². The highest BCUT2D eigenvalue weighted by Gasteiger charge is 2.46. The third kappa shape index (κ3) is 4.80. The number of methoxy groups -OCH3 is 4. The molecule has 2 aliphatic rings. The van der Waals surface area contributed by atoms with E-state index in [-0.39, 0.29) is 12.4 Å². The van der Waals surface area contributed by atoms with Crippen molar-refractivity contribution in [2.45, 2.75) is 37.9 Å². The molecule has 170 valence electrons. The second-order valence-electron chi connectivity index (χ2n) is 7.99. The lowest BCUT2D eigenvalue weighted by molar-refractivity contribution is 0.0865. The van der Waals surface area contributed by atoms with Crippen molar-refractivity contribution in [3.63, 3.8) is 0 Å². The first-order valence-corrected chi connectivity index (χ1v) is 10.5. The summed E-state index contributed by atoms with van der Waals surface area (Å²) < 4.78 is 28.0. The zero-order chi connectivity index (χ0) is 21.1. The molecule has 6 nitrogen and oxygen atoms in total. The molecule has 31 heavy (non-hydrogen) atoms. The van der Waals surface area contributed by atoms with Crippen molar-refractivity contribution in [3.8, 4) is 28.7 Å². The molecular formula is C24H32ClNO5. The predicted molar refractivity (Wildman–Crippen MR) is 122 cm³/mol. The summed E-state index contributed by atoms with van der Waals surface area (Å²) in [5.41, 5.74) is 1.16. The molecule has 1 aliphatic heterocycles. The van der Waals surface area contributed by atoms with Crippen LogP contribution in [0.25, 0.3) is 0 Å². The third-order valence-corrected chi connectivity index (χ3v) is 6.44. The maximum Gasteiger partial charge on any atom is 0.203 e. The van der Waals surface area contributed by atoms with Crippen LogP contribution in [0, 0.1) is 5.92 Å². The van der Waals surface area contributed by atoms with E-state index in [9.17, 15) is 0 Å². The molecule has 2 bridgehead atoms. The minimum Gasteiger partial charge on any atom is -0.497 e. The predicted octanol–water partition coefficient (Wildman–Crippen LogP) is 4.57. The highest BCUT2D eigenvalue weighted by Crippen LogP contribution is 2.45. The standard InChI is InChI=1S/C24H31NO5.ClH/c1-26-19-6-5-7-20(13-19)30-15-21-17-8-9-18(12-17)25(21)14-16-10-22(27-2)24(29-4)23(11-16)28-3;/h5-7,10-11,13,17-18,21H,8-9,12,14-15H2,1-4H3;1H/t17?,18?,21-;/m1./s1. The molecule has 2 aromatic carbocycles. The number of hydrogen-bond donors (Lipinski definition) is 0. The van der Waals surface area contributed by atoms with E-state index in [1.807, 2.05) is 36.4 Å². The Hall–Kier alpha value is -2.31. The summed E-state index contributed by atoms with van der Waals surface area (Å²) in [4.78, 5) is 2.59. The van der Waals surface area contributed by atoms with Crippen molar-refractivity contribution >= 4 is 12.4 Å². The highest BCUT2D eigenvalue weighted by molar-refractivity contribution is 5.85. The Bertz CT molecular complexity index is 852. The number of fused-ring (bicyclic) bond motifs is 2. The first-order valence-electron chi connectivity index (χ1n) is 10.5. The van der Waals surface area contributed by atoms with Gasteiger partial charge in [0.05, 0.1) is 28.4 Å². The molecule has 0 spiro atoms. The molecule has 1 aliphatic carbocycles. The third-order valence-electron chi connectivity index (χ3n) is 6.44. The molecule has 0 aromatic heterocycles. The maximum absolute atomic E-state index is 6.19. The number of likely N-dealkylation sites (tertiary alicyclic amines) is 1. The minimum absolute atomic E-state index is 0. The molecule has 1 heterocycles. The van der Waals surface area contributed by atoms with E-state index in [0.717, 1.165) is 23.6 Å². The van der Waals surface area contributed by atoms with Gasteiger partial charge < -0.3 is 23.7 Å². The zero-order valence-electron chi connectivity index (χ0n) is 18.6. The number of benzene rings is 2. The Morgan fingerprint density at radius 2 is 1.58 bits per heavy atom. The first-order chi connectivity index (χ1) is 14.7. The topological polar surface area (TPSA) is 49.4 Å². The molecule has 0 amide bonds. The zero-order valence-corrected chi connectivity index (χ0v) is 19.4. The van der Waals surface area contributed by atoms with Crippen molar-refractivity contribution in [1.29, 1.82) is 0 Å². The van der Waals surface area contributed by atoms with Crippen LogP contribution >= 0.6 is 12.4 Å². The molecule has 1 saturated heterocycles. The number of nitrogens with zero attached hydrogens (tertiary/aromatic N) is 1. The van der Waals surface area contributed by atoms with Gasteiger partial charge in [-0.15, -0.1) is 12.4 Å².